The van der Waals surface area contributed by atoms with Crippen molar-refractivity contribution < 1.29 is 12.8 Å². The van der Waals surface area contributed by atoms with Gasteiger partial charge >= 0.3 is 0 Å². The Morgan fingerprint density at radius 1 is 1.16 bits per heavy atom. The first kappa shape index (κ1) is 13.7. The van der Waals surface area contributed by atoms with Crippen molar-refractivity contribution in [3.05, 3.63) is 53.8 Å². The summed E-state index contributed by atoms with van der Waals surface area (Å²) in [5, 5.41) is 0. The van der Waals surface area contributed by atoms with Crippen LogP contribution >= 0.6 is 0 Å². The molecule has 100 valence electrons. The van der Waals surface area contributed by atoms with Crippen molar-refractivity contribution in [3.8, 4) is 11.1 Å². The zero-order valence-electron chi connectivity index (χ0n) is 10.4. The van der Waals surface area contributed by atoms with Crippen molar-refractivity contribution in [2.24, 2.45) is 5.73 Å². The minimum absolute atomic E-state index is 0.111. The standard InChI is InChI=1S/C14H14FNO2S/c1-19(17,18)14-5-3-2-4-12(14)10-6-7-11(9-16)13(15)8-10/h2-8H,9,16H2,1H3. The number of rotatable bonds is 3. The SMILES string of the molecule is CS(=O)(=O)c1ccccc1-c1ccc(CN)c(F)c1. The van der Waals surface area contributed by atoms with Crippen LogP contribution in [-0.4, -0.2) is 14.7 Å². The Balaban J connectivity index is 2.63. The van der Waals surface area contributed by atoms with Crippen molar-refractivity contribution in [1.82, 2.24) is 0 Å². The van der Waals surface area contributed by atoms with Gasteiger partial charge in [-0.3, -0.25) is 0 Å². The van der Waals surface area contributed by atoms with E-state index in [0.717, 1.165) is 6.26 Å². The normalized spacial score (nSPS) is 11.5. The highest BCUT2D eigenvalue weighted by molar-refractivity contribution is 7.90. The molecule has 3 nitrogen and oxygen atoms in total. The fourth-order valence-corrected chi connectivity index (χ4v) is 2.82. The van der Waals surface area contributed by atoms with Gasteiger partial charge in [-0.1, -0.05) is 30.3 Å². The van der Waals surface area contributed by atoms with E-state index in [2.05, 4.69) is 0 Å². The molecule has 0 aliphatic heterocycles. The van der Waals surface area contributed by atoms with Gasteiger partial charge in [0.05, 0.1) is 4.90 Å². The third kappa shape index (κ3) is 2.83. The Morgan fingerprint density at radius 3 is 2.42 bits per heavy atom. The number of hydrogen-bond donors (Lipinski definition) is 1. The molecule has 2 aromatic rings. The monoisotopic (exact) mass is 279 g/mol. The van der Waals surface area contributed by atoms with Crippen LogP contribution in [-0.2, 0) is 16.4 Å². The molecule has 0 aromatic heterocycles. The molecule has 0 radical (unpaired) electrons. The Kier molecular flexibility index (Phi) is 3.68. The van der Waals surface area contributed by atoms with Crippen molar-refractivity contribution >= 4 is 9.84 Å². The van der Waals surface area contributed by atoms with Gasteiger partial charge in [-0.05, 0) is 17.7 Å². The average molecular weight is 279 g/mol. The van der Waals surface area contributed by atoms with Gasteiger partial charge in [0.2, 0.25) is 0 Å². The van der Waals surface area contributed by atoms with Gasteiger partial charge < -0.3 is 5.73 Å². The van der Waals surface area contributed by atoms with Crippen LogP contribution in [0, 0.1) is 5.82 Å². The summed E-state index contributed by atoms with van der Waals surface area (Å²) in [4.78, 5) is 0.190. The second kappa shape index (κ2) is 5.11. The predicted octanol–water partition coefficient (Wildman–Crippen LogP) is 2.35. The summed E-state index contributed by atoms with van der Waals surface area (Å²) in [6, 6.07) is 11.1. The van der Waals surface area contributed by atoms with E-state index in [-0.39, 0.29) is 11.4 Å². The molecule has 0 amide bonds. The van der Waals surface area contributed by atoms with E-state index in [1.807, 2.05) is 0 Å². The Bertz CT molecular complexity index is 711. The molecule has 2 N–H and O–H groups in total. The van der Waals surface area contributed by atoms with E-state index in [1.54, 1.807) is 30.3 Å². The topological polar surface area (TPSA) is 60.2 Å². The van der Waals surface area contributed by atoms with E-state index in [0.29, 0.717) is 16.7 Å². The molecule has 0 atom stereocenters. The molecule has 0 saturated carbocycles. The first-order valence-corrected chi connectivity index (χ1v) is 7.60. The lowest BCUT2D eigenvalue weighted by Crippen LogP contribution is -2.02. The summed E-state index contributed by atoms with van der Waals surface area (Å²) in [5.74, 6) is -0.427. The van der Waals surface area contributed by atoms with E-state index in [4.69, 9.17) is 5.73 Å². The number of benzene rings is 2. The highest BCUT2D eigenvalue weighted by Crippen LogP contribution is 2.28. The number of nitrogens with two attached hydrogens (primary N) is 1. The molecule has 0 aliphatic rings. The van der Waals surface area contributed by atoms with Gasteiger partial charge in [0, 0.05) is 23.9 Å². The van der Waals surface area contributed by atoms with Crippen LogP contribution in [0.5, 0.6) is 0 Å². The third-order valence-electron chi connectivity index (χ3n) is 2.87. The third-order valence-corrected chi connectivity index (χ3v) is 4.03. The van der Waals surface area contributed by atoms with Crippen molar-refractivity contribution in [2.45, 2.75) is 11.4 Å². The first-order chi connectivity index (χ1) is 8.93. The quantitative estimate of drug-likeness (QED) is 0.938. The van der Waals surface area contributed by atoms with Gasteiger partial charge in [-0.2, -0.15) is 0 Å². The zero-order chi connectivity index (χ0) is 14.0. The smallest absolute Gasteiger partial charge is 0.176 e. The largest absolute Gasteiger partial charge is 0.326 e. The maximum Gasteiger partial charge on any atom is 0.176 e. The van der Waals surface area contributed by atoms with Crippen molar-refractivity contribution in [3.63, 3.8) is 0 Å². The summed E-state index contributed by atoms with van der Waals surface area (Å²) in [6.45, 7) is 0.111. The first-order valence-electron chi connectivity index (χ1n) is 5.71. The van der Waals surface area contributed by atoms with Crippen LogP contribution in [0.15, 0.2) is 47.4 Å². The van der Waals surface area contributed by atoms with Gasteiger partial charge in [0.1, 0.15) is 5.82 Å². The maximum absolute atomic E-state index is 13.7. The molecular weight excluding hydrogens is 265 g/mol. The Hall–Kier alpha value is -1.72. The Labute approximate surface area is 111 Å². The van der Waals surface area contributed by atoms with Crippen LogP contribution in [0.3, 0.4) is 0 Å². The predicted molar refractivity (Wildman–Crippen MR) is 72.8 cm³/mol. The lowest BCUT2D eigenvalue weighted by atomic mass is 10.0. The van der Waals surface area contributed by atoms with E-state index < -0.39 is 15.7 Å². The highest BCUT2D eigenvalue weighted by Gasteiger charge is 2.14. The fourth-order valence-electron chi connectivity index (χ4n) is 1.91. The second-order valence-electron chi connectivity index (χ2n) is 4.28. The molecule has 0 heterocycles. The molecule has 2 rings (SSSR count). The molecule has 0 bridgehead atoms. The van der Waals surface area contributed by atoms with E-state index in [9.17, 15) is 12.8 Å². The minimum atomic E-state index is -3.36. The van der Waals surface area contributed by atoms with Gasteiger partial charge in [0.25, 0.3) is 0 Å². The molecule has 2 aromatic carbocycles. The van der Waals surface area contributed by atoms with Gasteiger partial charge in [-0.15, -0.1) is 0 Å². The van der Waals surface area contributed by atoms with Crippen LogP contribution in [0.1, 0.15) is 5.56 Å². The number of halogens is 1. The number of sulfone groups is 1. The van der Waals surface area contributed by atoms with Crippen LogP contribution in [0.25, 0.3) is 11.1 Å². The van der Waals surface area contributed by atoms with Gasteiger partial charge in [0.15, 0.2) is 9.84 Å². The number of hydrogen-bond acceptors (Lipinski definition) is 3. The average Bonchev–Trinajstić information content (AvgIpc) is 2.37. The summed E-state index contributed by atoms with van der Waals surface area (Å²) < 4.78 is 37.2. The van der Waals surface area contributed by atoms with Crippen molar-refractivity contribution in [1.29, 1.82) is 0 Å². The molecule has 5 heteroatoms. The summed E-state index contributed by atoms with van der Waals surface area (Å²) in [5.41, 5.74) is 6.82. The van der Waals surface area contributed by atoms with E-state index in [1.165, 1.54) is 12.1 Å². The molecule has 0 spiro atoms. The highest BCUT2D eigenvalue weighted by atomic mass is 32.2. The summed E-state index contributed by atoms with van der Waals surface area (Å²) in [7, 11) is -3.36. The minimum Gasteiger partial charge on any atom is -0.326 e. The lowest BCUT2D eigenvalue weighted by molar-refractivity contribution is 0.601. The summed E-state index contributed by atoms with van der Waals surface area (Å²) in [6.07, 6.45) is 1.14. The Morgan fingerprint density at radius 2 is 1.84 bits per heavy atom. The molecule has 0 fully saturated rings. The molecule has 0 saturated heterocycles. The second-order valence-corrected chi connectivity index (χ2v) is 6.26. The van der Waals surface area contributed by atoms with Crippen LogP contribution < -0.4 is 5.73 Å². The lowest BCUT2D eigenvalue weighted by Gasteiger charge is -2.09. The van der Waals surface area contributed by atoms with Gasteiger partial charge in [-0.25, -0.2) is 12.8 Å². The van der Waals surface area contributed by atoms with E-state index >= 15 is 0 Å². The molecule has 19 heavy (non-hydrogen) atoms. The fraction of sp³-hybridized carbons (Fsp3) is 0.143. The van der Waals surface area contributed by atoms with Crippen LogP contribution in [0.2, 0.25) is 0 Å². The van der Waals surface area contributed by atoms with Crippen LogP contribution in [0.4, 0.5) is 4.39 Å². The maximum atomic E-state index is 13.7. The molecule has 0 aliphatic carbocycles. The molecule has 0 unspecified atom stereocenters. The van der Waals surface area contributed by atoms with Crippen molar-refractivity contribution in [2.75, 3.05) is 6.26 Å². The summed E-state index contributed by atoms with van der Waals surface area (Å²) >= 11 is 0. The zero-order valence-corrected chi connectivity index (χ0v) is 11.2. The molecular formula is C14H14FNO2S.